The number of aryl methyl sites for hydroxylation is 1. The van der Waals surface area contributed by atoms with Crippen LogP contribution in [0.15, 0.2) is 60.7 Å². The molecule has 0 fully saturated rings. The standard InChI is InChI=1S/C28H25F5/c1-2-3-4-5-6-7-18-8-12-22-19(14-18)9-10-20-15-24(26(29)17-23(20)22)21-11-13-25(27(30)16-21)28(31,32)33/h8-17H,2-7H2,1H3. The smallest absolute Gasteiger partial charge is 0.206 e. The fourth-order valence-electron chi connectivity index (χ4n) is 4.36. The minimum atomic E-state index is -4.79. The van der Waals surface area contributed by atoms with E-state index >= 15 is 4.39 Å². The molecule has 0 spiro atoms. The van der Waals surface area contributed by atoms with Crippen LogP contribution in [0.25, 0.3) is 32.7 Å². The molecule has 0 bridgehead atoms. The maximum Gasteiger partial charge on any atom is 0.419 e. The first-order chi connectivity index (χ1) is 15.8. The van der Waals surface area contributed by atoms with Crippen molar-refractivity contribution in [3.05, 3.63) is 83.4 Å². The average molecular weight is 456 g/mol. The van der Waals surface area contributed by atoms with Crippen molar-refractivity contribution in [3.63, 3.8) is 0 Å². The molecule has 0 nitrogen and oxygen atoms in total. The van der Waals surface area contributed by atoms with Gasteiger partial charge < -0.3 is 0 Å². The largest absolute Gasteiger partial charge is 0.419 e. The van der Waals surface area contributed by atoms with Gasteiger partial charge in [0.1, 0.15) is 11.6 Å². The average Bonchev–Trinajstić information content (AvgIpc) is 2.77. The second-order valence-electron chi connectivity index (χ2n) is 8.53. The highest BCUT2D eigenvalue weighted by Gasteiger charge is 2.34. The van der Waals surface area contributed by atoms with Crippen LogP contribution < -0.4 is 0 Å². The summed E-state index contributed by atoms with van der Waals surface area (Å²) in [5.41, 5.74) is 0.0203. The summed E-state index contributed by atoms with van der Waals surface area (Å²) in [5.74, 6) is -2.02. The molecule has 4 rings (SSSR count). The zero-order chi connectivity index (χ0) is 23.6. The Labute approximate surface area is 190 Å². The molecule has 0 unspecified atom stereocenters. The first-order valence-corrected chi connectivity index (χ1v) is 11.3. The zero-order valence-corrected chi connectivity index (χ0v) is 18.4. The third kappa shape index (κ3) is 5.02. The van der Waals surface area contributed by atoms with Crippen LogP contribution in [0.2, 0.25) is 0 Å². The van der Waals surface area contributed by atoms with E-state index < -0.39 is 23.4 Å². The Morgan fingerprint density at radius 2 is 1.39 bits per heavy atom. The van der Waals surface area contributed by atoms with Gasteiger partial charge in [0, 0.05) is 5.56 Å². The molecular formula is C28H25F5. The topological polar surface area (TPSA) is 0 Å². The predicted octanol–water partition coefficient (Wildman–Crippen LogP) is 9.47. The Morgan fingerprint density at radius 3 is 2.09 bits per heavy atom. The van der Waals surface area contributed by atoms with E-state index in [1.165, 1.54) is 37.3 Å². The SMILES string of the molecule is CCCCCCCc1ccc2c(ccc3cc(-c4ccc(C(F)(F)F)c(F)c4)c(F)cc32)c1. The van der Waals surface area contributed by atoms with Crippen molar-refractivity contribution in [2.45, 2.75) is 51.6 Å². The lowest BCUT2D eigenvalue weighted by molar-refractivity contribution is -0.139. The highest BCUT2D eigenvalue weighted by Crippen LogP contribution is 2.36. The third-order valence-electron chi connectivity index (χ3n) is 6.14. The summed E-state index contributed by atoms with van der Waals surface area (Å²) in [6.45, 7) is 2.20. The van der Waals surface area contributed by atoms with E-state index in [9.17, 15) is 17.6 Å². The number of fused-ring (bicyclic) bond motifs is 3. The lowest BCUT2D eigenvalue weighted by Crippen LogP contribution is -2.07. The molecule has 0 aromatic heterocycles. The van der Waals surface area contributed by atoms with Gasteiger partial charge >= 0.3 is 6.18 Å². The summed E-state index contributed by atoms with van der Waals surface area (Å²) in [4.78, 5) is 0. The third-order valence-corrected chi connectivity index (χ3v) is 6.14. The summed E-state index contributed by atoms with van der Waals surface area (Å²) < 4.78 is 67.6. The van der Waals surface area contributed by atoms with Crippen LogP contribution in [0.3, 0.4) is 0 Å². The molecule has 0 radical (unpaired) electrons. The van der Waals surface area contributed by atoms with Crippen LogP contribution in [-0.2, 0) is 12.6 Å². The first-order valence-electron chi connectivity index (χ1n) is 11.3. The molecule has 0 amide bonds. The molecule has 0 saturated heterocycles. The molecule has 0 saturated carbocycles. The number of benzene rings is 4. The predicted molar refractivity (Wildman–Crippen MR) is 124 cm³/mol. The van der Waals surface area contributed by atoms with E-state index in [-0.39, 0.29) is 11.1 Å². The van der Waals surface area contributed by atoms with E-state index in [0.29, 0.717) is 6.07 Å². The fourth-order valence-corrected chi connectivity index (χ4v) is 4.36. The van der Waals surface area contributed by atoms with Crippen molar-refractivity contribution in [3.8, 4) is 11.1 Å². The lowest BCUT2D eigenvalue weighted by Gasteiger charge is -2.12. The van der Waals surface area contributed by atoms with Gasteiger partial charge in [0.15, 0.2) is 0 Å². The van der Waals surface area contributed by atoms with Crippen LogP contribution in [-0.4, -0.2) is 0 Å². The molecule has 0 aliphatic carbocycles. The van der Waals surface area contributed by atoms with Gasteiger partial charge in [-0.25, -0.2) is 8.78 Å². The van der Waals surface area contributed by atoms with Crippen molar-refractivity contribution in [1.82, 2.24) is 0 Å². The van der Waals surface area contributed by atoms with Crippen LogP contribution in [0.1, 0.15) is 50.2 Å². The molecule has 0 N–H and O–H groups in total. The molecule has 0 aliphatic heterocycles. The van der Waals surface area contributed by atoms with E-state index in [0.717, 1.165) is 46.5 Å². The van der Waals surface area contributed by atoms with Crippen LogP contribution in [0.5, 0.6) is 0 Å². The lowest BCUT2D eigenvalue weighted by atomic mass is 9.95. The van der Waals surface area contributed by atoms with Crippen molar-refractivity contribution >= 4 is 21.5 Å². The maximum atomic E-state index is 15.0. The minimum absolute atomic E-state index is 0.0678. The Balaban J connectivity index is 1.66. The number of halogens is 5. The number of hydrogen-bond acceptors (Lipinski definition) is 0. The Kier molecular flexibility index (Phi) is 6.68. The zero-order valence-electron chi connectivity index (χ0n) is 18.4. The Morgan fingerprint density at radius 1 is 0.667 bits per heavy atom. The van der Waals surface area contributed by atoms with E-state index in [1.807, 2.05) is 18.2 Å². The monoisotopic (exact) mass is 456 g/mol. The Hall–Kier alpha value is -2.95. The van der Waals surface area contributed by atoms with E-state index in [1.54, 1.807) is 6.07 Å². The summed E-state index contributed by atoms with van der Waals surface area (Å²) in [6.07, 6.45) is 2.29. The number of alkyl halides is 3. The van der Waals surface area contributed by atoms with Crippen molar-refractivity contribution in [1.29, 1.82) is 0 Å². The van der Waals surface area contributed by atoms with Crippen LogP contribution in [0.4, 0.5) is 22.0 Å². The molecule has 0 atom stereocenters. The number of rotatable bonds is 7. The molecule has 4 aromatic rings. The van der Waals surface area contributed by atoms with Gasteiger partial charge in [-0.05, 0) is 69.8 Å². The van der Waals surface area contributed by atoms with Gasteiger partial charge in [0.05, 0.1) is 5.56 Å². The molecule has 0 aliphatic rings. The molecule has 33 heavy (non-hydrogen) atoms. The quantitative estimate of drug-likeness (QED) is 0.148. The summed E-state index contributed by atoms with van der Waals surface area (Å²) in [7, 11) is 0. The van der Waals surface area contributed by atoms with Crippen molar-refractivity contribution < 1.29 is 22.0 Å². The first kappa shape index (κ1) is 23.2. The van der Waals surface area contributed by atoms with Gasteiger partial charge in [-0.15, -0.1) is 0 Å². The summed E-state index contributed by atoms with van der Waals surface area (Å²) in [6, 6.07) is 15.5. The van der Waals surface area contributed by atoms with Crippen molar-refractivity contribution in [2.75, 3.05) is 0 Å². The number of unbranched alkanes of at least 4 members (excludes halogenated alkanes) is 4. The van der Waals surface area contributed by atoms with Gasteiger partial charge in [-0.3, -0.25) is 0 Å². The molecule has 5 heteroatoms. The van der Waals surface area contributed by atoms with Gasteiger partial charge in [0.2, 0.25) is 0 Å². The maximum absolute atomic E-state index is 15.0. The minimum Gasteiger partial charge on any atom is -0.206 e. The molecule has 172 valence electrons. The van der Waals surface area contributed by atoms with E-state index in [4.69, 9.17) is 0 Å². The normalized spacial score (nSPS) is 12.1. The molecular weight excluding hydrogens is 431 g/mol. The fraction of sp³-hybridized carbons (Fsp3) is 0.286. The highest BCUT2D eigenvalue weighted by molar-refractivity contribution is 6.08. The van der Waals surface area contributed by atoms with Gasteiger partial charge in [-0.2, -0.15) is 13.2 Å². The van der Waals surface area contributed by atoms with Gasteiger partial charge in [-0.1, -0.05) is 69.0 Å². The highest BCUT2D eigenvalue weighted by atomic mass is 19.4. The Bertz CT molecular complexity index is 1290. The van der Waals surface area contributed by atoms with Crippen molar-refractivity contribution in [2.24, 2.45) is 0 Å². The second kappa shape index (κ2) is 9.50. The van der Waals surface area contributed by atoms with Crippen LogP contribution >= 0.6 is 0 Å². The van der Waals surface area contributed by atoms with E-state index in [2.05, 4.69) is 19.1 Å². The summed E-state index contributed by atoms with van der Waals surface area (Å²) in [5, 5.41) is 3.38. The summed E-state index contributed by atoms with van der Waals surface area (Å²) >= 11 is 0. The van der Waals surface area contributed by atoms with Crippen LogP contribution in [0, 0.1) is 11.6 Å². The van der Waals surface area contributed by atoms with Gasteiger partial charge in [0.25, 0.3) is 0 Å². The molecule has 4 aromatic carbocycles. The molecule has 0 heterocycles. The number of hydrogen-bond donors (Lipinski definition) is 0. The second-order valence-corrected chi connectivity index (χ2v) is 8.53.